The number of nitrogens with two attached hydrogens (primary N) is 1. The Morgan fingerprint density at radius 2 is 1.36 bits per heavy atom. The van der Waals surface area contributed by atoms with Gasteiger partial charge in [0.05, 0.1) is 5.56 Å². The van der Waals surface area contributed by atoms with Crippen LogP contribution in [0.15, 0.2) is 78.9 Å². The van der Waals surface area contributed by atoms with Crippen LogP contribution in [0.3, 0.4) is 0 Å². The molecule has 6 heteroatoms. The van der Waals surface area contributed by atoms with Crippen LogP contribution >= 0.6 is 0 Å². The Bertz CT molecular complexity index is 999. The van der Waals surface area contributed by atoms with Crippen molar-refractivity contribution in [2.45, 2.75) is 6.54 Å². The summed E-state index contributed by atoms with van der Waals surface area (Å²) in [5.41, 5.74) is 7.69. The number of rotatable bonds is 6. The highest BCUT2D eigenvalue weighted by molar-refractivity contribution is 6.15. The predicted molar refractivity (Wildman–Crippen MR) is 107 cm³/mol. The lowest BCUT2D eigenvalue weighted by Gasteiger charge is -2.10. The van der Waals surface area contributed by atoms with Crippen molar-refractivity contribution < 1.29 is 14.4 Å². The first-order valence-corrected chi connectivity index (χ1v) is 8.67. The van der Waals surface area contributed by atoms with E-state index in [9.17, 15) is 14.4 Å². The van der Waals surface area contributed by atoms with Crippen LogP contribution in [0, 0.1) is 0 Å². The fraction of sp³-hybridized carbons (Fsp3) is 0.0455. The number of hydrogen-bond donors (Lipinski definition) is 3. The lowest BCUT2D eigenvalue weighted by atomic mass is 9.98. The molecule has 0 bridgehead atoms. The summed E-state index contributed by atoms with van der Waals surface area (Å²) in [5.74, 6) is -0.535. The summed E-state index contributed by atoms with van der Waals surface area (Å²) in [7, 11) is 0. The second kappa shape index (κ2) is 8.64. The zero-order valence-corrected chi connectivity index (χ0v) is 15.0. The Kier molecular flexibility index (Phi) is 5.81. The summed E-state index contributed by atoms with van der Waals surface area (Å²) < 4.78 is 0. The molecule has 140 valence electrons. The lowest BCUT2D eigenvalue weighted by molar-refractivity contribution is 0.0939. The first-order valence-electron chi connectivity index (χ1n) is 8.67. The number of urea groups is 1. The van der Waals surface area contributed by atoms with E-state index in [0.29, 0.717) is 22.4 Å². The molecular weight excluding hydrogens is 354 g/mol. The van der Waals surface area contributed by atoms with Crippen molar-refractivity contribution in [1.82, 2.24) is 5.32 Å². The molecule has 0 unspecified atom stereocenters. The molecule has 3 aromatic rings. The van der Waals surface area contributed by atoms with Gasteiger partial charge in [-0.2, -0.15) is 0 Å². The van der Waals surface area contributed by atoms with E-state index in [1.54, 1.807) is 72.8 Å². The summed E-state index contributed by atoms with van der Waals surface area (Å²) in [4.78, 5) is 36.2. The van der Waals surface area contributed by atoms with Gasteiger partial charge in [-0.05, 0) is 23.8 Å². The van der Waals surface area contributed by atoms with Gasteiger partial charge in [-0.25, -0.2) is 4.79 Å². The summed E-state index contributed by atoms with van der Waals surface area (Å²) in [6, 6.07) is 21.9. The third kappa shape index (κ3) is 4.62. The minimum Gasteiger partial charge on any atom is -0.351 e. The largest absolute Gasteiger partial charge is 0.351 e. The minimum absolute atomic E-state index is 0.201. The fourth-order valence-corrected chi connectivity index (χ4v) is 2.75. The first-order chi connectivity index (χ1) is 13.5. The van der Waals surface area contributed by atoms with Gasteiger partial charge >= 0.3 is 6.03 Å². The second-order valence-corrected chi connectivity index (χ2v) is 6.11. The van der Waals surface area contributed by atoms with E-state index in [2.05, 4.69) is 10.6 Å². The number of nitrogens with one attached hydrogen (secondary N) is 2. The third-order valence-corrected chi connectivity index (χ3v) is 4.13. The molecule has 0 saturated carbocycles. The maximum atomic E-state index is 12.7. The van der Waals surface area contributed by atoms with Crippen molar-refractivity contribution in [3.05, 3.63) is 101 Å². The molecule has 0 spiro atoms. The Balaban J connectivity index is 1.71. The third-order valence-electron chi connectivity index (χ3n) is 4.13. The van der Waals surface area contributed by atoms with Gasteiger partial charge in [0.15, 0.2) is 5.78 Å². The van der Waals surface area contributed by atoms with Crippen molar-refractivity contribution in [2.75, 3.05) is 5.32 Å². The Hall–Kier alpha value is -3.93. The molecule has 0 atom stereocenters. The average Bonchev–Trinajstić information content (AvgIpc) is 2.72. The van der Waals surface area contributed by atoms with Crippen molar-refractivity contribution in [3.8, 4) is 0 Å². The summed E-state index contributed by atoms with van der Waals surface area (Å²) in [6.07, 6.45) is 0. The van der Waals surface area contributed by atoms with Crippen LogP contribution in [0.5, 0.6) is 0 Å². The Morgan fingerprint density at radius 3 is 2.00 bits per heavy atom. The number of ketones is 1. The maximum absolute atomic E-state index is 12.7. The number of carbonyl (C=O) groups is 3. The molecule has 0 aromatic heterocycles. The number of amides is 3. The highest BCUT2D eigenvalue weighted by Crippen LogP contribution is 2.15. The van der Waals surface area contributed by atoms with Gasteiger partial charge in [0, 0.05) is 23.4 Å². The molecule has 0 radical (unpaired) electrons. The number of carbonyl (C=O) groups excluding carboxylic acids is 3. The first kappa shape index (κ1) is 18.8. The SMILES string of the molecule is NC(=O)Nc1ccc(CNC(=O)c2ccccc2C(=O)c2ccccc2)cc1. The minimum atomic E-state index is -0.638. The molecule has 6 nitrogen and oxygen atoms in total. The van der Waals surface area contributed by atoms with E-state index in [0.717, 1.165) is 5.56 Å². The summed E-state index contributed by atoms with van der Waals surface area (Å²) in [6.45, 7) is 0.281. The van der Waals surface area contributed by atoms with E-state index in [1.807, 2.05) is 6.07 Å². The molecule has 3 amide bonds. The monoisotopic (exact) mass is 373 g/mol. The molecular formula is C22H19N3O3. The highest BCUT2D eigenvalue weighted by Gasteiger charge is 2.17. The topological polar surface area (TPSA) is 101 Å². The van der Waals surface area contributed by atoms with Crippen molar-refractivity contribution in [3.63, 3.8) is 0 Å². The summed E-state index contributed by atoms with van der Waals surface area (Å²) in [5, 5.41) is 5.29. The second-order valence-electron chi connectivity index (χ2n) is 6.11. The van der Waals surface area contributed by atoms with E-state index in [4.69, 9.17) is 5.73 Å². The van der Waals surface area contributed by atoms with E-state index in [-0.39, 0.29) is 18.2 Å². The smallest absolute Gasteiger partial charge is 0.316 e. The standard InChI is InChI=1S/C22H19N3O3/c23-22(28)25-17-12-10-15(11-13-17)14-24-21(27)19-9-5-4-8-18(19)20(26)16-6-2-1-3-7-16/h1-13H,14H2,(H,24,27)(H3,23,25,28). The van der Waals surface area contributed by atoms with E-state index < -0.39 is 6.03 Å². The maximum Gasteiger partial charge on any atom is 0.316 e. The molecule has 28 heavy (non-hydrogen) atoms. The molecule has 0 aliphatic carbocycles. The van der Waals surface area contributed by atoms with Crippen molar-refractivity contribution in [2.24, 2.45) is 5.73 Å². The highest BCUT2D eigenvalue weighted by atomic mass is 16.2. The van der Waals surface area contributed by atoms with E-state index in [1.165, 1.54) is 0 Å². The molecule has 0 heterocycles. The number of benzene rings is 3. The molecule has 0 fully saturated rings. The van der Waals surface area contributed by atoms with Crippen molar-refractivity contribution in [1.29, 1.82) is 0 Å². The molecule has 0 aliphatic rings. The molecule has 3 rings (SSSR count). The molecule has 3 aromatic carbocycles. The van der Waals surface area contributed by atoms with Gasteiger partial charge in [0.2, 0.25) is 0 Å². The van der Waals surface area contributed by atoms with Gasteiger partial charge in [0.25, 0.3) is 5.91 Å². The number of hydrogen-bond acceptors (Lipinski definition) is 3. The molecule has 4 N–H and O–H groups in total. The molecule has 0 saturated heterocycles. The van der Waals surface area contributed by atoms with Crippen LogP contribution in [0.4, 0.5) is 10.5 Å². The van der Waals surface area contributed by atoms with Gasteiger partial charge in [-0.1, -0.05) is 60.7 Å². The Morgan fingerprint density at radius 1 is 0.750 bits per heavy atom. The average molecular weight is 373 g/mol. The van der Waals surface area contributed by atoms with Gasteiger partial charge in [-0.3, -0.25) is 9.59 Å². The van der Waals surface area contributed by atoms with Crippen LogP contribution in [-0.4, -0.2) is 17.7 Å². The number of primary amides is 1. The van der Waals surface area contributed by atoms with Gasteiger partial charge < -0.3 is 16.4 Å². The van der Waals surface area contributed by atoms with Crippen LogP contribution in [-0.2, 0) is 6.54 Å². The quantitative estimate of drug-likeness (QED) is 0.578. The zero-order valence-electron chi connectivity index (χ0n) is 15.0. The Labute approximate surface area is 162 Å². The lowest BCUT2D eigenvalue weighted by Crippen LogP contribution is -2.25. The number of anilines is 1. The van der Waals surface area contributed by atoms with Crippen LogP contribution in [0.1, 0.15) is 31.8 Å². The fourth-order valence-electron chi connectivity index (χ4n) is 2.75. The van der Waals surface area contributed by atoms with Crippen LogP contribution in [0.25, 0.3) is 0 Å². The van der Waals surface area contributed by atoms with Crippen LogP contribution < -0.4 is 16.4 Å². The zero-order chi connectivity index (χ0) is 19.9. The predicted octanol–water partition coefficient (Wildman–Crippen LogP) is 3.34. The summed E-state index contributed by atoms with van der Waals surface area (Å²) >= 11 is 0. The van der Waals surface area contributed by atoms with Gasteiger partial charge in [-0.15, -0.1) is 0 Å². The van der Waals surface area contributed by atoms with E-state index >= 15 is 0 Å². The molecule has 0 aliphatic heterocycles. The van der Waals surface area contributed by atoms with Gasteiger partial charge in [0.1, 0.15) is 0 Å². The van der Waals surface area contributed by atoms with Crippen molar-refractivity contribution >= 4 is 23.4 Å². The normalized spacial score (nSPS) is 10.1. The van der Waals surface area contributed by atoms with Crippen LogP contribution in [0.2, 0.25) is 0 Å².